The van der Waals surface area contributed by atoms with Crippen molar-refractivity contribution >= 4 is 10.0 Å². The van der Waals surface area contributed by atoms with Crippen molar-refractivity contribution < 1.29 is 13.3 Å². The Kier molecular flexibility index (Phi) is 4.67. The number of nitrogens with one attached hydrogen (secondary N) is 1. The predicted molar refractivity (Wildman–Crippen MR) is 80.4 cm³/mol. The van der Waals surface area contributed by atoms with Gasteiger partial charge in [-0.05, 0) is 31.0 Å². The van der Waals surface area contributed by atoms with Crippen molar-refractivity contribution in [1.82, 2.24) is 4.31 Å². The molecule has 2 rings (SSSR count). The smallest absolute Gasteiger partial charge is 0.243 e. The minimum Gasteiger partial charge on any atom is -0.319 e. The molecule has 0 aromatic heterocycles. The Morgan fingerprint density at radius 2 is 1.90 bits per heavy atom. The van der Waals surface area contributed by atoms with Crippen molar-refractivity contribution in [3.05, 3.63) is 29.3 Å². The molecule has 1 aromatic carbocycles. The van der Waals surface area contributed by atoms with E-state index in [2.05, 4.69) is 6.07 Å². The van der Waals surface area contributed by atoms with Crippen molar-refractivity contribution in [3.8, 4) is 6.07 Å². The van der Waals surface area contributed by atoms with Gasteiger partial charge in [0.2, 0.25) is 10.0 Å². The summed E-state index contributed by atoms with van der Waals surface area (Å²) in [6, 6.07) is 7.65. The van der Waals surface area contributed by atoms with Crippen LogP contribution in [-0.4, -0.2) is 44.9 Å². The molecule has 1 aliphatic rings. The third-order valence-electron chi connectivity index (χ3n) is 4.13. The fourth-order valence-electron chi connectivity index (χ4n) is 2.66. The molecule has 0 aliphatic carbocycles. The molecule has 1 saturated heterocycles. The standard InChI is InChI=1S/C15H21N3O2S/c1-12-4-5-13(2)15(10-12)21(19,20)18-8-6-17(7-9-18)14(3)11-16/h4-5,10,14H,6-9H2,1-3H3/p+1/t14-/m1/s1. The molecule has 5 nitrogen and oxygen atoms in total. The first-order valence-electron chi connectivity index (χ1n) is 7.18. The van der Waals surface area contributed by atoms with Crippen LogP contribution in [0, 0.1) is 25.2 Å². The number of hydrogen-bond donors (Lipinski definition) is 1. The average molecular weight is 308 g/mol. The van der Waals surface area contributed by atoms with Gasteiger partial charge in [0.1, 0.15) is 6.07 Å². The maximum Gasteiger partial charge on any atom is 0.243 e. The summed E-state index contributed by atoms with van der Waals surface area (Å²) in [5, 5.41) is 8.96. The Bertz CT molecular complexity index is 656. The molecule has 1 fully saturated rings. The third kappa shape index (κ3) is 3.26. The van der Waals surface area contributed by atoms with Crippen LogP contribution < -0.4 is 4.90 Å². The number of hydrogen-bond acceptors (Lipinski definition) is 3. The quantitative estimate of drug-likeness (QED) is 0.861. The minimum atomic E-state index is -3.43. The second kappa shape index (κ2) is 6.14. The van der Waals surface area contributed by atoms with Gasteiger partial charge in [-0.3, -0.25) is 0 Å². The molecular formula is C15H22N3O2S+. The summed E-state index contributed by atoms with van der Waals surface area (Å²) in [5.41, 5.74) is 1.72. The van der Waals surface area contributed by atoms with Gasteiger partial charge in [-0.1, -0.05) is 12.1 Å². The summed E-state index contributed by atoms with van der Waals surface area (Å²) in [7, 11) is -3.43. The fraction of sp³-hybridized carbons (Fsp3) is 0.533. The van der Waals surface area contributed by atoms with Crippen LogP contribution in [0.4, 0.5) is 0 Å². The molecule has 1 N–H and O–H groups in total. The molecule has 0 bridgehead atoms. The maximum atomic E-state index is 12.8. The van der Waals surface area contributed by atoms with Crippen LogP contribution in [-0.2, 0) is 10.0 Å². The summed E-state index contributed by atoms with van der Waals surface area (Å²) >= 11 is 0. The lowest BCUT2D eigenvalue weighted by molar-refractivity contribution is -0.918. The van der Waals surface area contributed by atoms with Gasteiger partial charge in [0, 0.05) is 6.92 Å². The highest BCUT2D eigenvalue weighted by molar-refractivity contribution is 7.89. The Morgan fingerprint density at radius 1 is 1.29 bits per heavy atom. The highest BCUT2D eigenvalue weighted by Crippen LogP contribution is 2.21. The number of piperazine rings is 1. The van der Waals surface area contributed by atoms with Crippen molar-refractivity contribution in [2.75, 3.05) is 26.2 Å². The number of rotatable bonds is 3. The minimum absolute atomic E-state index is 0.0874. The number of aryl methyl sites for hydroxylation is 2. The second-order valence-corrected chi connectivity index (χ2v) is 7.59. The topological polar surface area (TPSA) is 65.6 Å². The first kappa shape index (κ1) is 16.0. The van der Waals surface area contributed by atoms with E-state index in [0.717, 1.165) is 16.0 Å². The van der Waals surface area contributed by atoms with E-state index >= 15 is 0 Å². The molecule has 0 spiro atoms. The van der Waals surface area contributed by atoms with E-state index in [1.165, 1.54) is 0 Å². The molecule has 21 heavy (non-hydrogen) atoms. The van der Waals surface area contributed by atoms with E-state index < -0.39 is 10.0 Å². The summed E-state index contributed by atoms with van der Waals surface area (Å²) in [5.74, 6) is 0. The number of sulfonamides is 1. The van der Waals surface area contributed by atoms with Crippen LogP contribution in [0.1, 0.15) is 18.1 Å². The second-order valence-electron chi connectivity index (χ2n) is 5.68. The van der Waals surface area contributed by atoms with Gasteiger partial charge in [0.05, 0.1) is 31.1 Å². The maximum absolute atomic E-state index is 12.8. The average Bonchev–Trinajstić information content (AvgIpc) is 2.49. The van der Waals surface area contributed by atoms with Crippen LogP contribution in [0.3, 0.4) is 0 Å². The van der Waals surface area contributed by atoms with Gasteiger partial charge in [-0.15, -0.1) is 0 Å². The van der Waals surface area contributed by atoms with Gasteiger partial charge < -0.3 is 4.90 Å². The van der Waals surface area contributed by atoms with Crippen LogP contribution in [0.2, 0.25) is 0 Å². The first-order valence-corrected chi connectivity index (χ1v) is 8.62. The monoisotopic (exact) mass is 308 g/mol. The Morgan fingerprint density at radius 3 is 2.48 bits per heavy atom. The highest BCUT2D eigenvalue weighted by Gasteiger charge is 2.32. The predicted octanol–water partition coefficient (Wildman–Crippen LogP) is 0.105. The number of nitriles is 1. The Hall–Kier alpha value is -1.42. The van der Waals surface area contributed by atoms with Crippen LogP contribution in [0.15, 0.2) is 23.1 Å². The molecule has 114 valence electrons. The summed E-state index contributed by atoms with van der Waals surface area (Å²) in [4.78, 5) is 1.56. The molecule has 6 heteroatoms. The fourth-order valence-corrected chi connectivity index (χ4v) is 4.41. The number of nitrogens with zero attached hydrogens (tertiary/aromatic N) is 2. The molecular weight excluding hydrogens is 286 g/mol. The van der Waals surface area contributed by atoms with Crippen molar-refractivity contribution in [2.24, 2.45) is 0 Å². The van der Waals surface area contributed by atoms with Gasteiger partial charge in [-0.25, -0.2) is 8.42 Å². The van der Waals surface area contributed by atoms with E-state index in [-0.39, 0.29) is 6.04 Å². The first-order chi connectivity index (χ1) is 9.86. The van der Waals surface area contributed by atoms with Crippen LogP contribution >= 0.6 is 0 Å². The normalized spacial score (nSPS) is 19.1. The van der Waals surface area contributed by atoms with E-state index in [1.54, 1.807) is 10.4 Å². The van der Waals surface area contributed by atoms with Gasteiger partial charge in [0.15, 0.2) is 6.04 Å². The zero-order chi connectivity index (χ0) is 15.6. The lowest BCUT2D eigenvalue weighted by atomic mass is 10.2. The molecule has 1 atom stereocenters. The molecule has 0 saturated carbocycles. The van der Waals surface area contributed by atoms with Crippen LogP contribution in [0.5, 0.6) is 0 Å². The van der Waals surface area contributed by atoms with E-state index in [4.69, 9.17) is 5.26 Å². The van der Waals surface area contributed by atoms with Crippen molar-refractivity contribution in [3.63, 3.8) is 0 Å². The van der Waals surface area contributed by atoms with E-state index in [1.807, 2.05) is 32.9 Å². The lowest BCUT2D eigenvalue weighted by Gasteiger charge is -2.32. The summed E-state index contributed by atoms with van der Waals surface area (Å²) < 4.78 is 27.1. The molecule has 0 unspecified atom stereocenters. The Balaban J connectivity index is 2.19. The Labute approximate surface area is 126 Å². The molecule has 0 radical (unpaired) electrons. The van der Waals surface area contributed by atoms with Gasteiger partial charge in [0.25, 0.3) is 0 Å². The number of benzene rings is 1. The number of quaternary nitrogens is 1. The van der Waals surface area contributed by atoms with Gasteiger partial charge >= 0.3 is 0 Å². The zero-order valence-electron chi connectivity index (χ0n) is 12.8. The highest BCUT2D eigenvalue weighted by atomic mass is 32.2. The molecule has 1 heterocycles. The zero-order valence-corrected chi connectivity index (χ0v) is 13.6. The van der Waals surface area contributed by atoms with Gasteiger partial charge in [-0.2, -0.15) is 9.57 Å². The van der Waals surface area contributed by atoms with Crippen LogP contribution in [0.25, 0.3) is 0 Å². The SMILES string of the molecule is Cc1ccc(C)c(S(=O)(=O)N2CC[NH+]([C@H](C)C#N)CC2)c1. The summed E-state index contributed by atoms with van der Waals surface area (Å²) in [6.45, 7) is 7.90. The summed E-state index contributed by atoms with van der Waals surface area (Å²) in [6.07, 6.45) is 0. The van der Waals surface area contributed by atoms with E-state index in [9.17, 15) is 8.42 Å². The van der Waals surface area contributed by atoms with Crippen molar-refractivity contribution in [2.45, 2.75) is 31.7 Å². The molecule has 0 amide bonds. The van der Waals surface area contributed by atoms with E-state index in [0.29, 0.717) is 31.1 Å². The third-order valence-corrected chi connectivity index (χ3v) is 6.17. The largest absolute Gasteiger partial charge is 0.319 e. The molecule has 1 aromatic rings. The lowest BCUT2D eigenvalue weighted by Crippen LogP contribution is -3.17. The van der Waals surface area contributed by atoms with Crippen molar-refractivity contribution in [1.29, 1.82) is 5.26 Å². The molecule has 1 aliphatic heterocycles.